The summed E-state index contributed by atoms with van der Waals surface area (Å²) in [4.78, 5) is 0. The van der Waals surface area contributed by atoms with Crippen molar-refractivity contribution in [3.05, 3.63) is 76.9 Å². The summed E-state index contributed by atoms with van der Waals surface area (Å²) in [6.07, 6.45) is -1.06. The lowest BCUT2D eigenvalue weighted by molar-refractivity contribution is -0.0468. The first-order chi connectivity index (χ1) is 17.2. The SMILES string of the molecule is COc1cc(C(OCc2ccccc2)c2cc3c(cc2C2OCCO2)OCO3)cc(OC)c1OC. The van der Waals surface area contributed by atoms with E-state index < -0.39 is 12.4 Å². The molecule has 2 aliphatic rings. The molecule has 8 heteroatoms. The Morgan fingerprint density at radius 1 is 0.829 bits per heavy atom. The highest BCUT2D eigenvalue weighted by molar-refractivity contribution is 5.57. The molecule has 1 fully saturated rings. The van der Waals surface area contributed by atoms with Gasteiger partial charge in [-0.1, -0.05) is 30.3 Å². The molecule has 0 bridgehead atoms. The van der Waals surface area contributed by atoms with Gasteiger partial charge in [0.15, 0.2) is 29.3 Å². The molecule has 0 spiro atoms. The molecule has 3 aromatic rings. The molecule has 0 N–H and O–H groups in total. The van der Waals surface area contributed by atoms with E-state index in [9.17, 15) is 0 Å². The maximum atomic E-state index is 6.57. The lowest BCUT2D eigenvalue weighted by Gasteiger charge is -2.25. The van der Waals surface area contributed by atoms with E-state index in [0.29, 0.717) is 48.6 Å². The van der Waals surface area contributed by atoms with Crippen molar-refractivity contribution in [3.63, 3.8) is 0 Å². The molecule has 0 aromatic heterocycles. The smallest absolute Gasteiger partial charge is 0.231 e. The predicted octanol–water partition coefficient (Wildman–Crippen LogP) is 4.79. The number of rotatable bonds is 9. The first-order valence-corrected chi connectivity index (χ1v) is 11.3. The zero-order valence-electron chi connectivity index (χ0n) is 19.9. The molecule has 5 rings (SSSR count). The van der Waals surface area contributed by atoms with Crippen molar-refractivity contribution in [2.45, 2.75) is 19.0 Å². The largest absolute Gasteiger partial charge is 0.493 e. The summed E-state index contributed by atoms with van der Waals surface area (Å²) in [7, 11) is 4.76. The highest BCUT2D eigenvalue weighted by Gasteiger charge is 2.31. The zero-order chi connectivity index (χ0) is 24.2. The molecular weight excluding hydrogens is 452 g/mol. The van der Waals surface area contributed by atoms with Crippen LogP contribution in [-0.2, 0) is 20.8 Å². The van der Waals surface area contributed by atoms with E-state index in [4.69, 9.17) is 37.9 Å². The second-order valence-electron chi connectivity index (χ2n) is 8.04. The topological polar surface area (TPSA) is 73.8 Å². The number of hydrogen-bond acceptors (Lipinski definition) is 8. The van der Waals surface area contributed by atoms with Crippen molar-refractivity contribution < 1.29 is 37.9 Å². The Morgan fingerprint density at radius 3 is 2.11 bits per heavy atom. The van der Waals surface area contributed by atoms with E-state index in [1.807, 2.05) is 54.6 Å². The van der Waals surface area contributed by atoms with Crippen LogP contribution in [0.25, 0.3) is 0 Å². The van der Waals surface area contributed by atoms with Gasteiger partial charge < -0.3 is 37.9 Å². The van der Waals surface area contributed by atoms with E-state index in [2.05, 4.69) is 0 Å². The van der Waals surface area contributed by atoms with Gasteiger partial charge in [-0.2, -0.15) is 0 Å². The average molecular weight is 481 g/mol. The van der Waals surface area contributed by atoms with Crippen molar-refractivity contribution in [2.75, 3.05) is 41.3 Å². The van der Waals surface area contributed by atoms with Crippen LogP contribution in [0.4, 0.5) is 0 Å². The molecule has 35 heavy (non-hydrogen) atoms. The molecule has 0 aliphatic carbocycles. The minimum Gasteiger partial charge on any atom is -0.493 e. The second-order valence-corrected chi connectivity index (χ2v) is 8.04. The van der Waals surface area contributed by atoms with Crippen LogP contribution in [0.15, 0.2) is 54.6 Å². The third-order valence-electron chi connectivity index (χ3n) is 5.99. The van der Waals surface area contributed by atoms with Crippen LogP contribution in [0.5, 0.6) is 28.7 Å². The molecule has 184 valence electrons. The number of fused-ring (bicyclic) bond motifs is 1. The van der Waals surface area contributed by atoms with Crippen LogP contribution in [0.1, 0.15) is 34.6 Å². The Bertz CT molecular complexity index is 1130. The quantitative estimate of drug-likeness (QED) is 0.433. The minimum absolute atomic E-state index is 0.157. The summed E-state index contributed by atoms with van der Waals surface area (Å²) in [5, 5.41) is 0. The molecule has 1 atom stereocenters. The van der Waals surface area contributed by atoms with Gasteiger partial charge in [0.1, 0.15) is 6.10 Å². The van der Waals surface area contributed by atoms with E-state index in [1.54, 1.807) is 21.3 Å². The molecule has 1 unspecified atom stereocenters. The molecule has 8 nitrogen and oxygen atoms in total. The zero-order valence-corrected chi connectivity index (χ0v) is 19.9. The number of benzene rings is 3. The number of methoxy groups -OCH3 is 3. The van der Waals surface area contributed by atoms with Crippen molar-refractivity contribution >= 4 is 0 Å². The van der Waals surface area contributed by atoms with Gasteiger partial charge in [0.25, 0.3) is 0 Å². The minimum atomic E-state index is -0.538. The summed E-state index contributed by atoms with van der Waals surface area (Å²) in [6, 6.07) is 17.6. The monoisotopic (exact) mass is 480 g/mol. The molecule has 2 heterocycles. The lowest BCUT2D eigenvalue weighted by atomic mass is 9.94. The molecule has 0 radical (unpaired) electrons. The van der Waals surface area contributed by atoms with E-state index in [-0.39, 0.29) is 6.79 Å². The van der Waals surface area contributed by atoms with Crippen molar-refractivity contribution in [2.24, 2.45) is 0 Å². The van der Waals surface area contributed by atoms with Crippen molar-refractivity contribution in [1.29, 1.82) is 0 Å². The van der Waals surface area contributed by atoms with Gasteiger partial charge in [-0.25, -0.2) is 0 Å². The van der Waals surface area contributed by atoms with Crippen LogP contribution < -0.4 is 23.7 Å². The first-order valence-electron chi connectivity index (χ1n) is 11.3. The summed E-state index contributed by atoms with van der Waals surface area (Å²) >= 11 is 0. The Kier molecular flexibility index (Phi) is 6.94. The highest BCUT2D eigenvalue weighted by Crippen LogP contribution is 2.46. The Morgan fingerprint density at radius 2 is 1.49 bits per heavy atom. The summed E-state index contributed by atoms with van der Waals surface area (Å²) in [6.45, 7) is 1.56. The van der Waals surface area contributed by atoms with Crippen LogP contribution in [0.2, 0.25) is 0 Å². The highest BCUT2D eigenvalue weighted by atomic mass is 16.7. The summed E-state index contributed by atoms with van der Waals surface area (Å²) in [5.74, 6) is 2.86. The molecule has 0 saturated carbocycles. The Hall–Kier alpha value is -3.46. The van der Waals surface area contributed by atoms with Gasteiger partial charge in [0, 0.05) is 5.56 Å². The summed E-state index contributed by atoms with van der Waals surface area (Å²) in [5.41, 5.74) is 3.51. The summed E-state index contributed by atoms with van der Waals surface area (Å²) < 4.78 is 46.4. The van der Waals surface area contributed by atoms with Crippen LogP contribution in [-0.4, -0.2) is 41.3 Å². The van der Waals surface area contributed by atoms with Gasteiger partial charge in [-0.3, -0.25) is 0 Å². The van der Waals surface area contributed by atoms with Gasteiger partial charge >= 0.3 is 0 Å². The standard InChI is InChI=1S/C27H28O8/c1-28-23-11-18(12-24(29-2)26(23)30-3)25(33-15-17-7-5-4-6-8-17)19-13-21-22(35-16-34-21)14-20(19)27-31-9-10-32-27/h4-8,11-14,25,27H,9-10,15-16H2,1-3H3. The predicted molar refractivity (Wildman–Crippen MR) is 126 cm³/mol. The third-order valence-corrected chi connectivity index (χ3v) is 5.99. The van der Waals surface area contributed by atoms with Crippen molar-refractivity contribution in [1.82, 2.24) is 0 Å². The van der Waals surface area contributed by atoms with Gasteiger partial charge in [0.05, 0.1) is 41.2 Å². The lowest BCUT2D eigenvalue weighted by Crippen LogP contribution is -2.13. The van der Waals surface area contributed by atoms with E-state index in [1.165, 1.54) is 0 Å². The Labute approximate surface area is 204 Å². The van der Waals surface area contributed by atoms with E-state index in [0.717, 1.165) is 22.3 Å². The Balaban J connectivity index is 1.64. The molecule has 1 saturated heterocycles. The van der Waals surface area contributed by atoms with Gasteiger partial charge in [-0.15, -0.1) is 0 Å². The van der Waals surface area contributed by atoms with Crippen LogP contribution >= 0.6 is 0 Å². The molecule has 3 aromatic carbocycles. The maximum Gasteiger partial charge on any atom is 0.231 e. The number of hydrogen-bond donors (Lipinski definition) is 0. The maximum absolute atomic E-state index is 6.57. The van der Waals surface area contributed by atoms with Gasteiger partial charge in [0.2, 0.25) is 12.5 Å². The normalized spacial score (nSPS) is 15.7. The van der Waals surface area contributed by atoms with E-state index >= 15 is 0 Å². The third kappa shape index (κ3) is 4.73. The molecule has 2 aliphatic heterocycles. The second kappa shape index (κ2) is 10.4. The van der Waals surface area contributed by atoms with Gasteiger partial charge in [-0.05, 0) is 41.0 Å². The molecular formula is C27H28O8. The number of ether oxygens (including phenoxy) is 8. The fourth-order valence-corrected chi connectivity index (χ4v) is 4.31. The fourth-order valence-electron chi connectivity index (χ4n) is 4.31. The van der Waals surface area contributed by atoms with Crippen LogP contribution in [0.3, 0.4) is 0 Å². The first kappa shape index (κ1) is 23.3. The van der Waals surface area contributed by atoms with Crippen molar-refractivity contribution in [3.8, 4) is 28.7 Å². The average Bonchev–Trinajstić information content (AvgIpc) is 3.60. The van der Waals surface area contributed by atoms with Crippen LogP contribution in [0, 0.1) is 0 Å². The molecule has 0 amide bonds. The fraction of sp³-hybridized carbons (Fsp3) is 0.333.